The monoisotopic (exact) mass is 288 g/mol. The number of fused-ring (bicyclic) bond motifs is 1. The Bertz CT molecular complexity index is 704. The van der Waals surface area contributed by atoms with Crippen LogP contribution in [0.2, 0.25) is 0 Å². The molecule has 2 aromatic rings. The Labute approximate surface area is 122 Å². The van der Waals surface area contributed by atoms with Crippen LogP contribution in [0.1, 0.15) is 19.8 Å². The van der Waals surface area contributed by atoms with Crippen LogP contribution in [0.25, 0.3) is 10.9 Å². The molecular weight excluding hydrogens is 268 g/mol. The fourth-order valence-electron chi connectivity index (χ4n) is 2.63. The summed E-state index contributed by atoms with van der Waals surface area (Å²) in [6, 6.07) is 3.51. The minimum Gasteiger partial charge on any atom is -0.397 e. The Hall–Kier alpha value is -2.08. The van der Waals surface area contributed by atoms with Crippen molar-refractivity contribution in [3.63, 3.8) is 0 Å². The Morgan fingerprint density at radius 1 is 1.43 bits per heavy atom. The summed E-state index contributed by atoms with van der Waals surface area (Å²) < 4.78 is 5.41. The fourth-order valence-corrected chi connectivity index (χ4v) is 2.63. The fraction of sp³-hybridized carbons (Fsp3) is 0.467. The molecule has 1 aromatic carbocycles. The highest BCUT2D eigenvalue weighted by atomic mass is 16.5. The SMILES string of the molecule is CC1(CNc2cc3nc[nH]c(=O)c3cc2N)CCOCC1. The van der Waals surface area contributed by atoms with E-state index < -0.39 is 0 Å². The topological polar surface area (TPSA) is 93.0 Å². The van der Waals surface area contributed by atoms with Crippen molar-refractivity contribution >= 4 is 22.3 Å². The first kappa shape index (κ1) is 13.9. The third-order valence-corrected chi connectivity index (χ3v) is 4.22. The van der Waals surface area contributed by atoms with E-state index in [1.807, 2.05) is 6.07 Å². The van der Waals surface area contributed by atoms with Gasteiger partial charge in [0.1, 0.15) is 0 Å². The van der Waals surface area contributed by atoms with Crippen molar-refractivity contribution in [3.8, 4) is 0 Å². The number of aromatic nitrogens is 2. The van der Waals surface area contributed by atoms with E-state index in [4.69, 9.17) is 10.5 Å². The van der Waals surface area contributed by atoms with Gasteiger partial charge in [-0.05, 0) is 30.4 Å². The molecule has 0 amide bonds. The molecule has 0 bridgehead atoms. The second kappa shape index (κ2) is 5.37. The summed E-state index contributed by atoms with van der Waals surface area (Å²) in [7, 11) is 0. The quantitative estimate of drug-likeness (QED) is 0.748. The molecule has 1 fully saturated rings. The lowest BCUT2D eigenvalue weighted by molar-refractivity contribution is 0.0300. The van der Waals surface area contributed by atoms with E-state index in [0.29, 0.717) is 16.6 Å². The van der Waals surface area contributed by atoms with Gasteiger partial charge < -0.3 is 20.8 Å². The average Bonchev–Trinajstić information content (AvgIpc) is 2.47. The summed E-state index contributed by atoms with van der Waals surface area (Å²) in [5, 5.41) is 3.91. The molecule has 1 aromatic heterocycles. The molecule has 0 spiro atoms. The van der Waals surface area contributed by atoms with E-state index >= 15 is 0 Å². The molecule has 2 heterocycles. The molecule has 0 saturated carbocycles. The lowest BCUT2D eigenvalue weighted by Gasteiger charge is -2.34. The van der Waals surface area contributed by atoms with Gasteiger partial charge in [-0.3, -0.25) is 4.79 Å². The van der Waals surface area contributed by atoms with Crippen molar-refractivity contribution in [3.05, 3.63) is 28.8 Å². The maximum absolute atomic E-state index is 11.7. The first-order valence-electron chi connectivity index (χ1n) is 7.16. The summed E-state index contributed by atoms with van der Waals surface area (Å²) in [6.45, 7) is 4.70. The number of anilines is 2. The molecule has 0 radical (unpaired) electrons. The van der Waals surface area contributed by atoms with Gasteiger partial charge >= 0.3 is 0 Å². The number of nitrogens with two attached hydrogens (primary N) is 1. The smallest absolute Gasteiger partial charge is 0.258 e. The first-order valence-corrected chi connectivity index (χ1v) is 7.16. The van der Waals surface area contributed by atoms with Crippen LogP contribution in [0.3, 0.4) is 0 Å². The summed E-state index contributed by atoms with van der Waals surface area (Å²) in [4.78, 5) is 18.5. The number of rotatable bonds is 3. The van der Waals surface area contributed by atoms with E-state index in [1.165, 1.54) is 6.33 Å². The molecule has 6 nitrogen and oxygen atoms in total. The highest BCUT2D eigenvalue weighted by molar-refractivity contribution is 5.88. The number of H-pyrrole nitrogens is 1. The average molecular weight is 288 g/mol. The lowest BCUT2D eigenvalue weighted by atomic mass is 9.82. The van der Waals surface area contributed by atoms with Gasteiger partial charge in [0, 0.05) is 19.8 Å². The largest absolute Gasteiger partial charge is 0.397 e. The zero-order chi connectivity index (χ0) is 14.9. The number of hydrogen-bond donors (Lipinski definition) is 3. The van der Waals surface area contributed by atoms with E-state index in [0.717, 1.165) is 38.3 Å². The second-order valence-electron chi connectivity index (χ2n) is 5.96. The molecule has 0 unspecified atom stereocenters. The van der Waals surface area contributed by atoms with E-state index in [9.17, 15) is 4.79 Å². The number of benzene rings is 1. The number of aromatic amines is 1. The van der Waals surface area contributed by atoms with E-state index in [-0.39, 0.29) is 11.0 Å². The number of nitrogen functional groups attached to an aromatic ring is 1. The van der Waals surface area contributed by atoms with Crippen LogP contribution in [0.15, 0.2) is 23.3 Å². The van der Waals surface area contributed by atoms with Crippen LogP contribution in [0.5, 0.6) is 0 Å². The summed E-state index contributed by atoms with van der Waals surface area (Å²) >= 11 is 0. The third kappa shape index (κ3) is 2.85. The lowest BCUT2D eigenvalue weighted by Crippen LogP contribution is -2.33. The number of nitrogens with one attached hydrogen (secondary N) is 2. The van der Waals surface area contributed by atoms with Crippen LogP contribution in [-0.2, 0) is 4.74 Å². The molecule has 112 valence electrons. The van der Waals surface area contributed by atoms with Gasteiger partial charge in [0.2, 0.25) is 0 Å². The van der Waals surface area contributed by atoms with Crippen LogP contribution in [-0.4, -0.2) is 29.7 Å². The maximum Gasteiger partial charge on any atom is 0.258 e. The molecule has 21 heavy (non-hydrogen) atoms. The van der Waals surface area contributed by atoms with Crippen LogP contribution in [0, 0.1) is 5.41 Å². The zero-order valence-corrected chi connectivity index (χ0v) is 12.1. The summed E-state index contributed by atoms with van der Waals surface area (Å²) in [6.07, 6.45) is 3.47. The molecule has 6 heteroatoms. The van der Waals surface area contributed by atoms with Gasteiger partial charge in [0.25, 0.3) is 5.56 Å². The molecular formula is C15H20N4O2. The molecule has 1 saturated heterocycles. The molecule has 0 aliphatic carbocycles. The van der Waals surface area contributed by atoms with Crippen molar-refractivity contribution < 1.29 is 4.74 Å². The van der Waals surface area contributed by atoms with Crippen molar-refractivity contribution in [1.82, 2.24) is 9.97 Å². The Morgan fingerprint density at radius 2 is 2.19 bits per heavy atom. The van der Waals surface area contributed by atoms with Gasteiger partial charge in [0.05, 0.1) is 28.6 Å². The number of nitrogens with zero attached hydrogens (tertiary/aromatic N) is 1. The molecule has 4 N–H and O–H groups in total. The zero-order valence-electron chi connectivity index (χ0n) is 12.1. The van der Waals surface area contributed by atoms with Crippen molar-refractivity contribution in [2.45, 2.75) is 19.8 Å². The second-order valence-corrected chi connectivity index (χ2v) is 5.96. The highest BCUT2D eigenvalue weighted by Crippen LogP contribution is 2.31. The Morgan fingerprint density at radius 3 is 2.95 bits per heavy atom. The van der Waals surface area contributed by atoms with Crippen LogP contribution < -0.4 is 16.6 Å². The minimum absolute atomic E-state index is 0.172. The van der Waals surface area contributed by atoms with Gasteiger partial charge in [-0.2, -0.15) is 0 Å². The standard InChI is InChI=1S/C15H20N4O2/c1-15(2-4-21-5-3-15)8-17-13-7-12-10(6-11(13)16)14(20)19-9-18-12/h6-7,9,17H,2-5,8,16H2,1H3,(H,18,19,20). The van der Waals surface area contributed by atoms with Crippen LogP contribution >= 0.6 is 0 Å². The summed E-state index contributed by atoms with van der Waals surface area (Å²) in [5.74, 6) is 0. The maximum atomic E-state index is 11.7. The molecule has 1 aliphatic rings. The van der Waals surface area contributed by atoms with Gasteiger partial charge in [-0.15, -0.1) is 0 Å². The highest BCUT2D eigenvalue weighted by Gasteiger charge is 2.27. The van der Waals surface area contributed by atoms with E-state index in [2.05, 4.69) is 22.2 Å². The van der Waals surface area contributed by atoms with Gasteiger partial charge in [-0.25, -0.2) is 4.98 Å². The third-order valence-electron chi connectivity index (χ3n) is 4.22. The minimum atomic E-state index is -0.172. The number of ether oxygens (including phenoxy) is 1. The summed E-state index contributed by atoms with van der Waals surface area (Å²) in [5.41, 5.74) is 8.12. The van der Waals surface area contributed by atoms with Crippen molar-refractivity contribution in [2.75, 3.05) is 30.8 Å². The Kier molecular flexibility index (Phi) is 3.55. The normalized spacial score (nSPS) is 17.8. The molecule has 1 aliphatic heterocycles. The predicted octanol–water partition coefficient (Wildman–Crippen LogP) is 1.73. The first-order chi connectivity index (χ1) is 10.1. The predicted molar refractivity (Wildman–Crippen MR) is 83.4 cm³/mol. The van der Waals surface area contributed by atoms with Gasteiger partial charge in [0.15, 0.2) is 0 Å². The molecule has 0 atom stereocenters. The van der Waals surface area contributed by atoms with Crippen LogP contribution in [0.4, 0.5) is 11.4 Å². The molecule has 3 rings (SSSR count). The Balaban J connectivity index is 1.84. The van der Waals surface area contributed by atoms with Crippen molar-refractivity contribution in [1.29, 1.82) is 0 Å². The van der Waals surface area contributed by atoms with Gasteiger partial charge in [-0.1, -0.05) is 6.92 Å². The van der Waals surface area contributed by atoms with E-state index in [1.54, 1.807) is 6.07 Å². The number of hydrogen-bond acceptors (Lipinski definition) is 5. The van der Waals surface area contributed by atoms with Crippen molar-refractivity contribution in [2.24, 2.45) is 5.41 Å².